The van der Waals surface area contributed by atoms with E-state index in [0.717, 1.165) is 24.0 Å². The van der Waals surface area contributed by atoms with Crippen molar-refractivity contribution in [3.05, 3.63) is 12.2 Å². The van der Waals surface area contributed by atoms with Crippen LogP contribution in [0.15, 0.2) is 12.2 Å². The van der Waals surface area contributed by atoms with Crippen molar-refractivity contribution >= 4 is 21.8 Å². The Kier molecular flexibility index (Phi) is 2.49. The van der Waals surface area contributed by atoms with E-state index in [4.69, 9.17) is 0 Å². The molecule has 0 aliphatic carbocycles. The zero-order valence-corrected chi connectivity index (χ0v) is 7.35. The number of nitrogens with zero attached hydrogens (tertiary/aromatic N) is 1. The van der Waals surface area contributed by atoms with Gasteiger partial charge in [-0.3, -0.25) is 4.79 Å². The molecule has 0 unspecified atom stereocenters. The van der Waals surface area contributed by atoms with E-state index in [1.807, 2.05) is 4.90 Å². The van der Waals surface area contributed by atoms with Gasteiger partial charge in [0.2, 0.25) is 5.91 Å². The monoisotopic (exact) mass is 203 g/mol. The Bertz CT molecular complexity index is 159. The van der Waals surface area contributed by atoms with Crippen molar-refractivity contribution in [1.82, 2.24) is 4.90 Å². The molecule has 0 atom stereocenters. The molecule has 0 aromatic heterocycles. The first kappa shape index (κ1) is 7.79. The first-order valence-electron chi connectivity index (χ1n) is 3.24. The van der Waals surface area contributed by atoms with E-state index in [1.165, 1.54) is 0 Å². The maximum atomic E-state index is 11.0. The van der Waals surface area contributed by atoms with E-state index in [1.54, 1.807) is 0 Å². The van der Waals surface area contributed by atoms with Crippen LogP contribution >= 0.6 is 15.9 Å². The van der Waals surface area contributed by atoms with Crippen LogP contribution in [0.25, 0.3) is 0 Å². The molecule has 1 aliphatic rings. The molecule has 10 heavy (non-hydrogen) atoms. The largest absolute Gasteiger partial charge is 0.335 e. The molecule has 1 fully saturated rings. The molecule has 0 bridgehead atoms. The Hall–Kier alpha value is -0.310. The van der Waals surface area contributed by atoms with Crippen molar-refractivity contribution in [2.45, 2.75) is 6.42 Å². The van der Waals surface area contributed by atoms with Crippen LogP contribution in [0, 0.1) is 0 Å². The SMILES string of the molecule is C=C1CN(C(=O)CCBr)C1. The summed E-state index contributed by atoms with van der Waals surface area (Å²) in [6.45, 7) is 5.29. The molecule has 56 valence electrons. The number of hydrogen-bond acceptors (Lipinski definition) is 1. The van der Waals surface area contributed by atoms with Crippen molar-refractivity contribution in [2.75, 3.05) is 18.4 Å². The quantitative estimate of drug-likeness (QED) is 0.488. The summed E-state index contributed by atoms with van der Waals surface area (Å²) in [5, 5.41) is 0.759. The normalized spacial score (nSPS) is 16.9. The van der Waals surface area contributed by atoms with Gasteiger partial charge in [0.05, 0.1) is 0 Å². The van der Waals surface area contributed by atoms with Crippen molar-refractivity contribution in [1.29, 1.82) is 0 Å². The number of carbonyl (C=O) groups is 1. The molecule has 0 aromatic rings. The fourth-order valence-corrected chi connectivity index (χ4v) is 1.25. The van der Waals surface area contributed by atoms with E-state index >= 15 is 0 Å². The smallest absolute Gasteiger partial charge is 0.223 e. The Morgan fingerprint density at radius 2 is 2.30 bits per heavy atom. The van der Waals surface area contributed by atoms with Crippen LogP contribution in [-0.4, -0.2) is 29.2 Å². The third-order valence-corrected chi connectivity index (χ3v) is 1.89. The van der Waals surface area contributed by atoms with Crippen molar-refractivity contribution in [3.63, 3.8) is 0 Å². The lowest BCUT2D eigenvalue weighted by Crippen LogP contribution is -2.43. The zero-order chi connectivity index (χ0) is 7.56. The minimum Gasteiger partial charge on any atom is -0.335 e. The second-order valence-corrected chi connectivity index (χ2v) is 3.23. The van der Waals surface area contributed by atoms with E-state index in [2.05, 4.69) is 22.5 Å². The minimum absolute atomic E-state index is 0.226. The number of rotatable bonds is 2. The molecule has 0 aromatic carbocycles. The molecule has 2 nitrogen and oxygen atoms in total. The van der Waals surface area contributed by atoms with E-state index in [9.17, 15) is 4.79 Å². The summed E-state index contributed by atoms with van der Waals surface area (Å²) in [6, 6.07) is 0. The van der Waals surface area contributed by atoms with Crippen LogP contribution in [0.3, 0.4) is 0 Å². The van der Waals surface area contributed by atoms with Gasteiger partial charge in [-0.2, -0.15) is 0 Å². The lowest BCUT2D eigenvalue weighted by atomic mass is 10.1. The Balaban J connectivity index is 2.24. The van der Waals surface area contributed by atoms with Crippen molar-refractivity contribution in [3.8, 4) is 0 Å². The van der Waals surface area contributed by atoms with Gasteiger partial charge in [0.25, 0.3) is 0 Å². The molecule has 1 aliphatic heterocycles. The second-order valence-electron chi connectivity index (χ2n) is 2.44. The summed E-state index contributed by atoms with van der Waals surface area (Å²) < 4.78 is 0. The lowest BCUT2D eigenvalue weighted by Gasteiger charge is -2.33. The molecule has 0 radical (unpaired) electrons. The first-order chi connectivity index (χ1) is 4.74. The highest BCUT2D eigenvalue weighted by atomic mass is 79.9. The Morgan fingerprint density at radius 3 is 2.70 bits per heavy atom. The third kappa shape index (κ3) is 1.59. The van der Waals surface area contributed by atoms with E-state index in [-0.39, 0.29) is 5.91 Å². The van der Waals surface area contributed by atoms with E-state index < -0.39 is 0 Å². The summed E-state index contributed by atoms with van der Waals surface area (Å²) in [5.74, 6) is 0.226. The number of halogens is 1. The first-order valence-corrected chi connectivity index (χ1v) is 4.36. The molecule has 3 heteroatoms. The standard InChI is InChI=1S/C7H10BrNO/c1-6-4-9(5-6)7(10)2-3-8/h1-5H2. The molecule has 1 rings (SSSR count). The summed E-state index contributed by atoms with van der Waals surface area (Å²) in [5.41, 5.74) is 1.16. The predicted molar refractivity (Wildman–Crippen MR) is 44.1 cm³/mol. The van der Waals surface area contributed by atoms with Gasteiger partial charge < -0.3 is 4.90 Å². The molecule has 1 saturated heterocycles. The van der Waals surface area contributed by atoms with Crippen molar-refractivity contribution in [2.24, 2.45) is 0 Å². The van der Waals surface area contributed by atoms with Crippen LogP contribution < -0.4 is 0 Å². The Morgan fingerprint density at radius 1 is 1.70 bits per heavy atom. The second kappa shape index (κ2) is 3.19. The van der Waals surface area contributed by atoms with Crippen LogP contribution in [0.4, 0.5) is 0 Å². The maximum Gasteiger partial charge on any atom is 0.223 e. The number of hydrogen-bond donors (Lipinski definition) is 0. The van der Waals surface area contributed by atoms with Crippen LogP contribution in [0.1, 0.15) is 6.42 Å². The number of likely N-dealkylation sites (tertiary alicyclic amines) is 1. The Labute approximate surface area is 69.0 Å². The third-order valence-electron chi connectivity index (χ3n) is 1.49. The number of amides is 1. The van der Waals surface area contributed by atoms with Gasteiger partial charge in [0, 0.05) is 24.8 Å². The van der Waals surface area contributed by atoms with Crippen LogP contribution in [0.2, 0.25) is 0 Å². The highest BCUT2D eigenvalue weighted by Gasteiger charge is 2.22. The molecule has 0 spiro atoms. The molecular formula is C7H10BrNO. The van der Waals surface area contributed by atoms with Gasteiger partial charge >= 0.3 is 0 Å². The fraction of sp³-hybridized carbons (Fsp3) is 0.571. The molecule has 1 amide bonds. The molecule has 0 saturated carbocycles. The van der Waals surface area contributed by atoms with E-state index in [0.29, 0.717) is 6.42 Å². The summed E-state index contributed by atoms with van der Waals surface area (Å²) in [4.78, 5) is 12.8. The molecular weight excluding hydrogens is 194 g/mol. The fourth-order valence-electron chi connectivity index (χ4n) is 0.909. The maximum absolute atomic E-state index is 11.0. The minimum atomic E-state index is 0.226. The summed E-state index contributed by atoms with van der Waals surface area (Å²) in [6.07, 6.45) is 0.604. The average molecular weight is 204 g/mol. The van der Waals surface area contributed by atoms with Gasteiger partial charge in [0.1, 0.15) is 0 Å². The number of alkyl halides is 1. The predicted octanol–water partition coefficient (Wildman–Crippen LogP) is 1.17. The van der Waals surface area contributed by atoms with Gasteiger partial charge in [0.15, 0.2) is 0 Å². The average Bonchev–Trinajstić information content (AvgIpc) is 1.82. The van der Waals surface area contributed by atoms with Crippen LogP contribution in [-0.2, 0) is 4.79 Å². The highest BCUT2D eigenvalue weighted by Crippen LogP contribution is 2.12. The lowest BCUT2D eigenvalue weighted by molar-refractivity contribution is -0.131. The summed E-state index contributed by atoms with van der Waals surface area (Å²) >= 11 is 3.22. The van der Waals surface area contributed by atoms with Crippen molar-refractivity contribution < 1.29 is 4.79 Å². The summed E-state index contributed by atoms with van der Waals surface area (Å²) in [7, 11) is 0. The van der Waals surface area contributed by atoms with Crippen LogP contribution in [0.5, 0.6) is 0 Å². The number of carbonyl (C=O) groups excluding carboxylic acids is 1. The van der Waals surface area contributed by atoms with Gasteiger partial charge in [-0.25, -0.2) is 0 Å². The highest BCUT2D eigenvalue weighted by molar-refractivity contribution is 9.09. The van der Waals surface area contributed by atoms with Gasteiger partial charge in [-0.1, -0.05) is 22.5 Å². The van der Waals surface area contributed by atoms with Gasteiger partial charge in [-0.05, 0) is 5.57 Å². The molecule has 0 N–H and O–H groups in total. The topological polar surface area (TPSA) is 20.3 Å². The van der Waals surface area contributed by atoms with Gasteiger partial charge in [-0.15, -0.1) is 0 Å². The molecule has 1 heterocycles. The zero-order valence-electron chi connectivity index (χ0n) is 5.77.